The second kappa shape index (κ2) is 5.25. The van der Waals surface area contributed by atoms with Crippen LogP contribution in [0.3, 0.4) is 0 Å². The Bertz CT molecular complexity index is 391. The first-order valence-corrected chi connectivity index (χ1v) is 5.53. The summed E-state index contributed by atoms with van der Waals surface area (Å²) in [6.45, 7) is 6.83. The van der Waals surface area contributed by atoms with Gasteiger partial charge >= 0.3 is 0 Å². The van der Waals surface area contributed by atoms with Gasteiger partial charge in [0.15, 0.2) is 0 Å². The molecule has 1 aromatic heterocycles. The molecular weight excluding hydrogens is 204 g/mol. The third kappa shape index (κ3) is 3.77. The normalized spacial score (nSPS) is 11.8. The maximum absolute atomic E-state index is 11.5. The summed E-state index contributed by atoms with van der Waals surface area (Å²) in [6.07, 6.45) is 1.61. The SMILES string of the molecule is COCCCc1nc(C(C)(C)C)cc(=O)[nH]1. The fourth-order valence-corrected chi connectivity index (χ4v) is 1.39. The van der Waals surface area contributed by atoms with Crippen LogP contribution in [0.15, 0.2) is 10.9 Å². The Balaban J connectivity index is 2.86. The molecule has 0 aromatic carbocycles. The van der Waals surface area contributed by atoms with Crippen molar-refractivity contribution >= 4 is 0 Å². The lowest BCUT2D eigenvalue weighted by Gasteiger charge is -2.17. The number of aromatic nitrogens is 2. The molecule has 1 rings (SSSR count). The number of nitrogens with one attached hydrogen (secondary N) is 1. The highest BCUT2D eigenvalue weighted by Gasteiger charge is 2.16. The first kappa shape index (κ1) is 12.9. The van der Waals surface area contributed by atoms with Crippen molar-refractivity contribution in [3.63, 3.8) is 0 Å². The van der Waals surface area contributed by atoms with E-state index < -0.39 is 0 Å². The lowest BCUT2D eigenvalue weighted by molar-refractivity contribution is 0.194. The molecule has 0 saturated heterocycles. The van der Waals surface area contributed by atoms with Gasteiger partial charge in [0.05, 0.1) is 5.69 Å². The van der Waals surface area contributed by atoms with Crippen LogP contribution in [0.4, 0.5) is 0 Å². The Kier molecular flexibility index (Phi) is 4.24. The summed E-state index contributed by atoms with van der Waals surface area (Å²) in [4.78, 5) is 18.7. The van der Waals surface area contributed by atoms with Gasteiger partial charge in [0.1, 0.15) is 5.82 Å². The molecule has 0 atom stereocenters. The van der Waals surface area contributed by atoms with Crippen LogP contribution < -0.4 is 5.56 Å². The minimum atomic E-state index is -0.0930. The van der Waals surface area contributed by atoms with E-state index in [0.29, 0.717) is 6.61 Å². The molecule has 4 heteroatoms. The molecule has 4 nitrogen and oxygen atoms in total. The van der Waals surface area contributed by atoms with E-state index in [0.717, 1.165) is 24.4 Å². The molecule has 0 aliphatic heterocycles. The predicted molar refractivity (Wildman–Crippen MR) is 63.8 cm³/mol. The Labute approximate surface area is 96.1 Å². The molecule has 16 heavy (non-hydrogen) atoms. The Morgan fingerprint density at radius 1 is 1.44 bits per heavy atom. The number of ether oxygens (including phenoxy) is 1. The molecule has 90 valence electrons. The molecule has 1 heterocycles. The van der Waals surface area contributed by atoms with E-state index in [1.54, 1.807) is 13.2 Å². The monoisotopic (exact) mass is 224 g/mol. The molecule has 0 unspecified atom stereocenters. The highest BCUT2D eigenvalue weighted by molar-refractivity contribution is 5.12. The van der Waals surface area contributed by atoms with Gasteiger partial charge in [0.2, 0.25) is 0 Å². The number of nitrogens with zero attached hydrogens (tertiary/aromatic N) is 1. The van der Waals surface area contributed by atoms with E-state index in [4.69, 9.17) is 4.74 Å². The van der Waals surface area contributed by atoms with Crippen molar-refractivity contribution in [1.29, 1.82) is 0 Å². The average molecular weight is 224 g/mol. The van der Waals surface area contributed by atoms with E-state index in [1.165, 1.54) is 0 Å². The van der Waals surface area contributed by atoms with Gasteiger partial charge in [-0.3, -0.25) is 4.79 Å². The maximum atomic E-state index is 11.5. The predicted octanol–water partition coefficient (Wildman–Crippen LogP) is 1.65. The van der Waals surface area contributed by atoms with Crippen molar-refractivity contribution in [3.8, 4) is 0 Å². The lowest BCUT2D eigenvalue weighted by atomic mass is 9.92. The zero-order valence-electron chi connectivity index (χ0n) is 10.5. The number of H-pyrrole nitrogens is 1. The molecule has 0 bridgehead atoms. The minimum Gasteiger partial charge on any atom is -0.385 e. The summed E-state index contributed by atoms with van der Waals surface area (Å²) in [5, 5.41) is 0. The Morgan fingerprint density at radius 3 is 2.69 bits per heavy atom. The summed E-state index contributed by atoms with van der Waals surface area (Å²) >= 11 is 0. The first-order chi connectivity index (χ1) is 7.43. The molecule has 0 saturated carbocycles. The van der Waals surface area contributed by atoms with Crippen LogP contribution in [-0.2, 0) is 16.6 Å². The standard InChI is InChI=1S/C12H20N2O2/c1-12(2,3)9-8-11(15)14-10(13-9)6-5-7-16-4/h8H,5-7H2,1-4H3,(H,13,14,15). The number of hydrogen-bond donors (Lipinski definition) is 1. The van der Waals surface area contributed by atoms with Gasteiger partial charge < -0.3 is 9.72 Å². The van der Waals surface area contributed by atoms with Crippen LogP contribution in [0.2, 0.25) is 0 Å². The number of aromatic amines is 1. The van der Waals surface area contributed by atoms with Crippen molar-refractivity contribution in [2.45, 2.75) is 39.0 Å². The van der Waals surface area contributed by atoms with E-state index >= 15 is 0 Å². The Morgan fingerprint density at radius 2 is 2.12 bits per heavy atom. The molecular formula is C12H20N2O2. The van der Waals surface area contributed by atoms with E-state index in [-0.39, 0.29) is 11.0 Å². The van der Waals surface area contributed by atoms with Crippen molar-refractivity contribution < 1.29 is 4.74 Å². The molecule has 0 fully saturated rings. The summed E-state index contributed by atoms with van der Waals surface area (Å²) in [7, 11) is 1.67. The van der Waals surface area contributed by atoms with E-state index in [2.05, 4.69) is 9.97 Å². The van der Waals surface area contributed by atoms with Gasteiger partial charge in [0, 0.05) is 31.6 Å². The van der Waals surface area contributed by atoms with E-state index in [1.807, 2.05) is 20.8 Å². The quantitative estimate of drug-likeness (QED) is 0.791. The minimum absolute atomic E-state index is 0.0765. The highest BCUT2D eigenvalue weighted by atomic mass is 16.5. The summed E-state index contributed by atoms with van der Waals surface area (Å²) in [5.74, 6) is 0.745. The third-order valence-corrected chi connectivity index (χ3v) is 2.32. The Hall–Kier alpha value is -1.16. The van der Waals surface area contributed by atoms with Gasteiger partial charge in [-0.1, -0.05) is 20.8 Å². The molecule has 0 spiro atoms. The fourth-order valence-electron chi connectivity index (χ4n) is 1.39. The largest absolute Gasteiger partial charge is 0.385 e. The highest BCUT2D eigenvalue weighted by Crippen LogP contribution is 2.18. The van der Waals surface area contributed by atoms with Gasteiger partial charge in [-0.25, -0.2) is 4.98 Å². The van der Waals surface area contributed by atoms with Crippen LogP contribution in [0, 0.1) is 0 Å². The van der Waals surface area contributed by atoms with Crippen molar-refractivity contribution in [3.05, 3.63) is 27.9 Å². The average Bonchev–Trinajstić information content (AvgIpc) is 2.16. The smallest absolute Gasteiger partial charge is 0.251 e. The van der Waals surface area contributed by atoms with Crippen LogP contribution in [0.5, 0.6) is 0 Å². The number of rotatable bonds is 4. The van der Waals surface area contributed by atoms with Gasteiger partial charge in [0.25, 0.3) is 5.56 Å². The number of hydrogen-bond acceptors (Lipinski definition) is 3. The molecule has 0 aliphatic rings. The zero-order valence-corrected chi connectivity index (χ0v) is 10.5. The van der Waals surface area contributed by atoms with Gasteiger partial charge in [-0.15, -0.1) is 0 Å². The third-order valence-electron chi connectivity index (χ3n) is 2.32. The molecule has 1 aromatic rings. The molecule has 0 radical (unpaired) electrons. The fraction of sp³-hybridized carbons (Fsp3) is 0.667. The summed E-state index contributed by atoms with van der Waals surface area (Å²) in [5.41, 5.74) is 0.667. The van der Waals surface area contributed by atoms with Crippen molar-refractivity contribution in [2.24, 2.45) is 0 Å². The van der Waals surface area contributed by atoms with Crippen LogP contribution >= 0.6 is 0 Å². The maximum Gasteiger partial charge on any atom is 0.251 e. The van der Waals surface area contributed by atoms with Gasteiger partial charge in [-0.05, 0) is 6.42 Å². The number of aryl methyl sites for hydroxylation is 1. The second-order valence-corrected chi connectivity index (χ2v) is 4.92. The first-order valence-electron chi connectivity index (χ1n) is 5.53. The van der Waals surface area contributed by atoms with Crippen LogP contribution in [-0.4, -0.2) is 23.7 Å². The van der Waals surface area contributed by atoms with E-state index in [9.17, 15) is 4.79 Å². The van der Waals surface area contributed by atoms with Crippen molar-refractivity contribution in [1.82, 2.24) is 9.97 Å². The van der Waals surface area contributed by atoms with Crippen molar-refractivity contribution in [2.75, 3.05) is 13.7 Å². The second-order valence-electron chi connectivity index (χ2n) is 4.92. The van der Waals surface area contributed by atoms with Crippen LogP contribution in [0.25, 0.3) is 0 Å². The molecule has 0 amide bonds. The summed E-state index contributed by atoms with van der Waals surface area (Å²) in [6, 6.07) is 1.57. The number of methoxy groups -OCH3 is 1. The molecule has 1 N–H and O–H groups in total. The zero-order chi connectivity index (χ0) is 12.2. The topological polar surface area (TPSA) is 55.0 Å². The van der Waals surface area contributed by atoms with Crippen LogP contribution in [0.1, 0.15) is 38.7 Å². The molecule has 0 aliphatic carbocycles. The summed E-state index contributed by atoms with van der Waals surface area (Å²) < 4.78 is 4.97. The van der Waals surface area contributed by atoms with Gasteiger partial charge in [-0.2, -0.15) is 0 Å². The lowest BCUT2D eigenvalue weighted by Crippen LogP contribution is -2.21.